The van der Waals surface area contributed by atoms with Crippen molar-refractivity contribution in [2.45, 2.75) is 51.9 Å². The molecule has 0 saturated carbocycles. The fourth-order valence-corrected chi connectivity index (χ4v) is 1.17. The van der Waals surface area contributed by atoms with Gasteiger partial charge >= 0.3 is 0 Å². The molecule has 14 heavy (non-hydrogen) atoms. The molecule has 3 heteroatoms. The molecule has 84 valence electrons. The number of epoxide rings is 1. The van der Waals surface area contributed by atoms with Crippen LogP contribution in [0.3, 0.4) is 0 Å². The second kappa shape index (κ2) is 5.69. The average Bonchev–Trinajstić information content (AvgIpc) is 2.88. The molecule has 1 atom stereocenters. The summed E-state index contributed by atoms with van der Waals surface area (Å²) >= 11 is 0. The summed E-state index contributed by atoms with van der Waals surface area (Å²) in [5, 5.41) is 0. The van der Waals surface area contributed by atoms with E-state index in [2.05, 4.69) is 6.92 Å². The largest absolute Gasteiger partial charge is 0.373 e. The molecule has 0 radical (unpaired) electrons. The highest BCUT2D eigenvalue weighted by molar-refractivity contribution is 4.68. The Morgan fingerprint density at radius 2 is 1.93 bits per heavy atom. The molecule has 1 heterocycles. The summed E-state index contributed by atoms with van der Waals surface area (Å²) in [6, 6.07) is 0. The number of ether oxygens (including phenoxy) is 3. The third-order valence-corrected chi connectivity index (χ3v) is 2.24. The van der Waals surface area contributed by atoms with Crippen LogP contribution in [0.4, 0.5) is 0 Å². The Kier molecular flexibility index (Phi) is 4.85. The van der Waals surface area contributed by atoms with E-state index in [0.29, 0.717) is 6.10 Å². The highest BCUT2D eigenvalue weighted by Gasteiger charge is 2.24. The van der Waals surface area contributed by atoms with Crippen LogP contribution in [0.1, 0.15) is 40.0 Å². The Morgan fingerprint density at radius 1 is 1.29 bits per heavy atom. The van der Waals surface area contributed by atoms with Gasteiger partial charge in [0.25, 0.3) is 0 Å². The molecule has 0 aromatic heterocycles. The molecule has 1 aliphatic heterocycles. The quantitative estimate of drug-likeness (QED) is 0.344. The highest BCUT2D eigenvalue weighted by Crippen LogP contribution is 2.17. The van der Waals surface area contributed by atoms with E-state index in [9.17, 15) is 0 Å². The lowest BCUT2D eigenvalue weighted by molar-refractivity contribution is -0.214. The summed E-state index contributed by atoms with van der Waals surface area (Å²) in [5.74, 6) is -0.440. The van der Waals surface area contributed by atoms with Crippen LogP contribution in [-0.2, 0) is 14.2 Å². The van der Waals surface area contributed by atoms with E-state index in [1.54, 1.807) is 0 Å². The molecule has 0 bridgehead atoms. The first-order valence-corrected chi connectivity index (χ1v) is 5.53. The number of rotatable bonds is 8. The Hall–Kier alpha value is -0.120. The van der Waals surface area contributed by atoms with Gasteiger partial charge in [-0.3, -0.25) is 0 Å². The predicted molar refractivity (Wildman–Crippen MR) is 55.2 cm³/mol. The van der Waals surface area contributed by atoms with Gasteiger partial charge in [-0.15, -0.1) is 0 Å². The normalized spacial score (nSPS) is 21.2. The smallest absolute Gasteiger partial charge is 0.162 e. The third kappa shape index (κ3) is 5.58. The van der Waals surface area contributed by atoms with Crippen LogP contribution in [0.5, 0.6) is 0 Å². The van der Waals surface area contributed by atoms with Crippen molar-refractivity contribution in [3.8, 4) is 0 Å². The van der Waals surface area contributed by atoms with Crippen LogP contribution >= 0.6 is 0 Å². The molecule has 0 aromatic rings. The lowest BCUT2D eigenvalue weighted by Gasteiger charge is -2.25. The van der Waals surface area contributed by atoms with E-state index in [1.165, 1.54) is 0 Å². The Morgan fingerprint density at radius 3 is 2.50 bits per heavy atom. The van der Waals surface area contributed by atoms with Gasteiger partial charge < -0.3 is 14.2 Å². The molecule has 1 fully saturated rings. The standard InChI is InChI=1S/C11H22O3/c1-4-5-7-13-11(2,3)14-8-6-10-9-12-10/h10H,4-9H2,1-3H3. The molecule has 0 amide bonds. The molecule has 1 unspecified atom stereocenters. The topological polar surface area (TPSA) is 31.0 Å². The molecule has 0 aromatic carbocycles. The second-order valence-electron chi connectivity index (χ2n) is 4.19. The Bertz CT molecular complexity index is 153. The van der Waals surface area contributed by atoms with E-state index >= 15 is 0 Å². The molecule has 1 saturated heterocycles. The summed E-state index contributed by atoms with van der Waals surface area (Å²) in [6.07, 6.45) is 3.69. The third-order valence-electron chi connectivity index (χ3n) is 2.24. The van der Waals surface area contributed by atoms with E-state index in [-0.39, 0.29) is 0 Å². The van der Waals surface area contributed by atoms with Crippen LogP contribution in [0, 0.1) is 0 Å². The lowest BCUT2D eigenvalue weighted by atomic mass is 10.3. The summed E-state index contributed by atoms with van der Waals surface area (Å²) in [4.78, 5) is 0. The molecule has 0 spiro atoms. The van der Waals surface area contributed by atoms with Crippen molar-refractivity contribution in [2.75, 3.05) is 19.8 Å². The fraction of sp³-hybridized carbons (Fsp3) is 1.00. The zero-order valence-corrected chi connectivity index (χ0v) is 9.54. The summed E-state index contributed by atoms with van der Waals surface area (Å²) in [7, 11) is 0. The van der Waals surface area contributed by atoms with E-state index in [4.69, 9.17) is 14.2 Å². The van der Waals surface area contributed by atoms with Gasteiger partial charge in [-0.2, -0.15) is 0 Å². The first-order chi connectivity index (χ1) is 6.64. The first kappa shape index (κ1) is 12.0. The Labute approximate surface area is 86.7 Å². The van der Waals surface area contributed by atoms with E-state index in [0.717, 1.165) is 39.1 Å². The summed E-state index contributed by atoms with van der Waals surface area (Å²) in [6.45, 7) is 8.50. The number of unbranched alkanes of at least 4 members (excludes halogenated alkanes) is 1. The van der Waals surface area contributed by atoms with Crippen LogP contribution in [-0.4, -0.2) is 31.7 Å². The maximum atomic E-state index is 5.62. The van der Waals surface area contributed by atoms with Crippen LogP contribution in [0.15, 0.2) is 0 Å². The van der Waals surface area contributed by atoms with Gasteiger partial charge in [0.05, 0.1) is 19.3 Å². The van der Waals surface area contributed by atoms with Gasteiger partial charge in [0.1, 0.15) is 0 Å². The van der Waals surface area contributed by atoms with Gasteiger partial charge in [-0.05, 0) is 26.7 Å². The summed E-state index contributed by atoms with van der Waals surface area (Å²) < 4.78 is 16.3. The van der Waals surface area contributed by atoms with Crippen molar-refractivity contribution in [3.05, 3.63) is 0 Å². The van der Waals surface area contributed by atoms with Crippen LogP contribution < -0.4 is 0 Å². The summed E-state index contributed by atoms with van der Waals surface area (Å²) in [5.41, 5.74) is 0. The van der Waals surface area contributed by atoms with E-state index in [1.807, 2.05) is 13.8 Å². The van der Waals surface area contributed by atoms with Crippen molar-refractivity contribution in [2.24, 2.45) is 0 Å². The zero-order chi connectivity index (χ0) is 10.4. The van der Waals surface area contributed by atoms with Gasteiger partial charge in [0, 0.05) is 6.61 Å². The minimum atomic E-state index is -0.440. The molecule has 3 nitrogen and oxygen atoms in total. The molecule has 0 N–H and O–H groups in total. The first-order valence-electron chi connectivity index (χ1n) is 5.53. The predicted octanol–water partition coefficient (Wildman–Crippen LogP) is 2.34. The zero-order valence-electron chi connectivity index (χ0n) is 9.54. The average molecular weight is 202 g/mol. The van der Waals surface area contributed by atoms with Crippen molar-refractivity contribution in [1.82, 2.24) is 0 Å². The minimum absolute atomic E-state index is 0.440. The van der Waals surface area contributed by atoms with Gasteiger partial charge in [-0.25, -0.2) is 0 Å². The van der Waals surface area contributed by atoms with E-state index < -0.39 is 5.79 Å². The molecular weight excluding hydrogens is 180 g/mol. The van der Waals surface area contributed by atoms with Crippen molar-refractivity contribution in [3.63, 3.8) is 0 Å². The highest BCUT2D eigenvalue weighted by atomic mass is 16.7. The fourth-order valence-electron chi connectivity index (χ4n) is 1.17. The lowest BCUT2D eigenvalue weighted by Crippen LogP contribution is -2.29. The second-order valence-corrected chi connectivity index (χ2v) is 4.19. The molecular formula is C11H22O3. The van der Waals surface area contributed by atoms with Gasteiger partial charge in [0.15, 0.2) is 5.79 Å². The van der Waals surface area contributed by atoms with Crippen molar-refractivity contribution >= 4 is 0 Å². The number of hydrogen-bond acceptors (Lipinski definition) is 3. The van der Waals surface area contributed by atoms with Gasteiger partial charge in [-0.1, -0.05) is 13.3 Å². The van der Waals surface area contributed by atoms with Crippen LogP contribution in [0.25, 0.3) is 0 Å². The molecule has 1 aliphatic rings. The molecule has 1 rings (SSSR count). The van der Waals surface area contributed by atoms with Crippen molar-refractivity contribution in [1.29, 1.82) is 0 Å². The van der Waals surface area contributed by atoms with Crippen LogP contribution in [0.2, 0.25) is 0 Å². The maximum Gasteiger partial charge on any atom is 0.162 e. The van der Waals surface area contributed by atoms with Gasteiger partial charge in [0.2, 0.25) is 0 Å². The monoisotopic (exact) mass is 202 g/mol. The minimum Gasteiger partial charge on any atom is -0.373 e. The maximum absolute atomic E-state index is 5.62. The SMILES string of the molecule is CCCCOC(C)(C)OCCC1CO1. The number of hydrogen-bond donors (Lipinski definition) is 0. The molecule has 0 aliphatic carbocycles. The Balaban J connectivity index is 1.99. The van der Waals surface area contributed by atoms with Crippen molar-refractivity contribution < 1.29 is 14.2 Å².